The van der Waals surface area contributed by atoms with Gasteiger partial charge in [0.15, 0.2) is 5.78 Å². The Morgan fingerprint density at radius 2 is 1.00 bits per heavy atom. The maximum Gasteiger partial charge on any atom is 0.162 e. The van der Waals surface area contributed by atoms with Crippen LogP contribution in [0.4, 0.5) is 0 Å². The van der Waals surface area contributed by atoms with Gasteiger partial charge in [-0.1, -0.05) is 97.9 Å². The fraction of sp³-hybridized carbons (Fsp3) is 0.0952. The van der Waals surface area contributed by atoms with Gasteiger partial charge in [0.05, 0.1) is 0 Å². The Morgan fingerprint density at radius 1 is 0.636 bits per heavy atom. The first-order valence-corrected chi connectivity index (χ1v) is 7.50. The van der Waals surface area contributed by atoms with Crippen LogP contribution in [-0.2, 0) is 0 Å². The molecule has 0 aliphatic heterocycles. The molecule has 0 aliphatic carbocycles. The first-order valence-electron chi connectivity index (χ1n) is 7.50. The molecule has 110 valence electrons. The summed E-state index contributed by atoms with van der Waals surface area (Å²) in [6, 6.07) is 30.1. The normalized spacial score (nSPS) is 9.50. The van der Waals surface area contributed by atoms with E-state index >= 15 is 0 Å². The van der Waals surface area contributed by atoms with Crippen LogP contribution in [0.25, 0.3) is 11.1 Å². The Hall–Kier alpha value is -2.67. The molecule has 0 fully saturated rings. The summed E-state index contributed by atoms with van der Waals surface area (Å²) in [7, 11) is 0. The predicted molar refractivity (Wildman–Crippen MR) is 92.9 cm³/mol. The van der Waals surface area contributed by atoms with E-state index in [4.69, 9.17) is 0 Å². The number of ketones is 1. The summed E-state index contributed by atoms with van der Waals surface area (Å²) in [5, 5.41) is 0. The number of carbonyl (C=O) groups is 1. The standard InChI is InChI=1S/C12H10.C9H10O/c1-3-7-11(8-4-1)12-9-5-2-6-10-12;1-2-9(10)8-6-4-3-5-7-8/h1-10H;3-7H,2H2,1H3. The Balaban J connectivity index is 0.000000164. The lowest BCUT2D eigenvalue weighted by molar-refractivity contribution is 0.0988. The van der Waals surface area contributed by atoms with Gasteiger partial charge >= 0.3 is 0 Å². The monoisotopic (exact) mass is 288 g/mol. The van der Waals surface area contributed by atoms with E-state index in [0.717, 1.165) is 5.56 Å². The molecule has 3 rings (SSSR count). The minimum absolute atomic E-state index is 0.209. The van der Waals surface area contributed by atoms with Crippen molar-refractivity contribution < 1.29 is 4.79 Å². The molecule has 0 heterocycles. The molecule has 3 aromatic carbocycles. The van der Waals surface area contributed by atoms with Crippen LogP contribution in [0, 0.1) is 0 Å². The maximum absolute atomic E-state index is 11.0. The van der Waals surface area contributed by atoms with Crippen LogP contribution in [0.2, 0.25) is 0 Å². The highest BCUT2D eigenvalue weighted by Crippen LogP contribution is 2.17. The predicted octanol–water partition coefficient (Wildman–Crippen LogP) is 5.63. The number of benzene rings is 3. The number of hydrogen-bond donors (Lipinski definition) is 0. The van der Waals surface area contributed by atoms with Gasteiger partial charge in [-0.05, 0) is 11.1 Å². The van der Waals surface area contributed by atoms with E-state index in [0.29, 0.717) is 6.42 Å². The molecule has 0 saturated heterocycles. The van der Waals surface area contributed by atoms with Crippen molar-refractivity contribution >= 4 is 5.78 Å². The summed E-state index contributed by atoms with van der Waals surface area (Å²) in [6.07, 6.45) is 0.587. The summed E-state index contributed by atoms with van der Waals surface area (Å²) in [5.41, 5.74) is 3.36. The molecule has 0 radical (unpaired) electrons. The Kier molecular flexibility index (Phi) is 6.13. The molecule has 3 aromatic rings. The fourth-order valence-corrected chi connectivity index (χ4v) is 2.09. The molecule has 0 aliphatic rings. The molecule has 0 atom stereocenters. The van der Waals surface area contributed by atoms with E-state index in [1.807, 2.05) is 49.4 Å². The molecule has 0 spiro atoms. The Morgan fingerprint density at radius 3 is 1.36 bits per heavy atom. The molecule has 0 unspecified atom stereocenters. The second-order valence-corrected chi connectivity index (χ2v) is 4.87. The van der Waals surface area contributed by atoms with E-state index in [2.05, 4.69) is 48.5 Å². The third-order valence-corrected chi connectivity index (χ3v) is 3.30. The molecule has 0 amide bonds. The molecule has 0 aromatic heterocycles. The van der Waals surface area contributed by atoms with Gasteiger partial charge in [-0.3, -0.25) is 4.79 Å². The van der Waals surface area contributed by atoms with E-state index < -0.39 is 0 Å². The highest BCUT2D eigenvalue weighted by atomic mass is 16.1. The van der Waals surface area contributed by atoms with Crippen molar-refractivity contribution in [3.05, 3.63) is 96.6 Å². The SMILES string of the molecule is CCC(=O)c1ccccc1.c1ccc(-c2ccccc2)cc1. The van der Waals surface area contributed by atoms with Crippen LogP contribution >= 0.6 is 0 Å². The van der Waals surface area contributed by atoms with Crippen LogP contribution in [0.5, 0.6) is 0 Å². The zero-order valence-electron chi connectivity index (χ0n) is 12.8. The second kappa shape index (κ2) is 8.58. The van der Waals surface area contributed by atoms with Gasteiger partial charge in [0.1, 0.15) is 0 Å². The highest BCUT2D eigenvalue weighted by Gasteiger charge is 1.98. The minimum atomic E-state index is 0.209. The summed E-state index contributed by atoms with van der Waals surface area (Å²) in [4.78, 5) is 11.0. The van der Waals surface area contributed by atoms with E-state index in [-0.39, 0.29) is 5.78 Å². The van der Waals surface area contributed by atoms with Gasteiger partial charge < -0.3 is 0 Å². The molecular formula is C21H20O. The molecule has 1 heteroatoms. The van der Waals surface area contributed by atoms with E-state index in [1.165, 1.54) is 11.1 Å². The van der Waals surface area contributed by atoms with E-state index in [1.54, 1.807) is 0 Å². The van der Waals surface area contributed by atoms with Crippen molar-refractivity contribution in [3.63, 3.8) is 0 Å². The average molecular weight is 288 g/mol. The lowest BCUT2D eigenvalue weighted by Gasteiger charge is -1.98. The molecule has 0 bridgehead atoms. The lowest BCUT2D eigenvalue weighted by atomic mass is 10.1. The zero-order chi connectivity index (χ0) is 15.6. The fourth-order valence-electron chi connectivity index (χ4n) is 2.09. The van der Waals surface area contributed by atoms with Gasteiger partial charge in [0, 0.05) is 12.0 Å². The molecular weight excluding hydrogens is 268 g/mol. The van der Waals surface area contributed by atoms with Crippen LogP contribution in [0.3, 0.4) is 0 Å². The highest BCUT2D eigenvalue weighted by molar-refractivity contribution is 5.95. The Bertz CT molecular complexity index is 635. The molecule has 1 nitrogen and oxygen atoms in total. The number of Topliss-reactive ketones (excluding diaryl/α,β-unsaturated/α-hetero) is 1. The van der Waals surface area contributed by atoms with Crippen molar-refractivity contribution in [3.8, 4) is 11.1 Å². The first-order chi connectivity index (χ1) is 10.8. The first kappa shape index (κ1) is 15.7. The van der Waals surface area contributed by atoms with E-state index in [9.17, 15) is 4.79 Å². The van der Waals surface area contributed by atoms with Crippen molar-refractivity contribution in [1.29, 1.82) is 0 Å². The largest absolute Gasteiger partial charge is 0.294 e. The summed E-state index contributed by atoms with van der Waals surface area (Å²) in [6.45, 7) is 1.87. The van der Waals surface area contributed by atoms with Gasteiger partial charge in [-0.15, -0.1) is 0 Å². The van der Waals surface area contributed by atoms with Gasteiger partial charge in [-0.2, -0.15) is 0 Å². The summed E-state index contributed by atoms with van der Waals surface area (Å²) < 4.78 is 0. The van der Waals surface area contributed by atoms with Crippen molar-refractivity contribution in [2.45, 2.75) is 13.3 Å². The van der Waals surface area contributed by atoms with Crippen LogP contribution in [-0.4, -0.2) is 5.78 Å². The van der Waals surface area contributed by atoms with Crippen molar-refractivity contribution in [2.24, 2.45) is 0 Å². The third-order valence-electron chi connectivity index (χ3n) is 3.30. The van der Waals surface area contributed by atoms with Gasteiger partial charge in [0.2, 0.25) is 0 Å². The molecule has 0 saturated carbocycles. The lowest BCUT2D eigenvalue weighted by Crippen LogP contribution is -1.94. The van der Waals surface area contributed by atoms with Crippen LogP contribution in [0.15, 0.2) is 91.0 Å². The summed E-state index contributed by atoms with van der Waals surface area (Å²) >= 11 is 0. The second-order valence-electron chi connectivity index (χ2n) is 4.87. The maximum atomic E-state index is 11.0. The van der Waals surface area contributed by atoms with Gasteiger partial charge in [-0.25, -0.2) is 0 Å². The quantitative estimate of drug-likeness (QED) is 0.570. The Labute approximate surface area is 132 Å². The summed E-state index contributed by atoms with van der Waals surface area (Å²) in [5.74, 6) is 0.209. The topological polar surface area (TPSA) is 17.1 Å². The number of hydrogen-bond acceptors (Lipinski definition) is 1. The van der Waals surface area contributed by atoms with Crippen molar-refractivity contribution in [2.75, 3.05) is 0 Å². The number of carbonyl (C=O) groups excluding carboxylic acids is 1. The minimum Gasteiger partial charge on any atom is -0.294 e. The molecule has 22 heavy (non-hydrogen) atoms. The van der Waals surface area contributed by atoms with Crippen LogP contribution < -0.4 is 0 Å². The average Bonchev–Trinajstić information content (AvgIpc) is 2.64. The van der Waals surface area contributed by atoms with Crippen molar-refractivity contribution in [1.82, 2.24) is 0 Å². The zero-order valence-corrected chi connectivity index (χ0v) is 12.8. The smallest absolute Gasteiger partial charge is 0.162 e. The van der Waals surface area contributed by atoms with Crippen LogP contribution in [0.1, 0.15) is 23.7 Å². The number of rotatable bonds is 3. The van der Waals surface area contributed by atoms with Gasteiger partial charge in [0.25, 0.3) is 0 Å². The molecule has 0 N–H and O–H groups in total. The third kappa shape index (κ3) is 4.71.